The van der Waals surface area contributed by atoms with Crippen LogP contribution in [0.2, 0.25) is 0 Å². The summed E-state index contributed by atoms with van der Waals surface area (Å²) >= 11 is 0. The topological polar surface area (TPSA) is 84.5 Å². The molecule has 27 heavy (non-hydrogen) atoms. The molecule has 146 valence electrons. The molecule has 0 aliphatic heterocycles. The second-order valence-corrected chi connectivity index (χ2v) is 9.16. The van der Waals surface area contributed by atoms with E-state index in [1.54, 1.807) is 20.8 Å². The van der Waals surface area contributed by atoms with Crippen molar-refractivity contribution in [3.8, 4) is 5.75 Å². The van der Waals surface area contributed by atoms with E-state index in [4.69, 9.17) is 4.74 Å². The van der Waals surface area contributed by atoms with Crippen LogP contribution >= 0.6 is 0 Å². The number of amides is 1. The Bertz CT molecular complexity index is 914. The second kappa shape index (κ2) is 8.10. The molecule has 2 N–H and O–H groups in total. The van der Waals surface area contributed by atoms with Crippen molar-refractivity contribution < 1.29 is 17.9 Å². The molecular weight excluding hydrogens is 364 g/mol. The Morgan fingerprint density at radius 1 is 1.04 bits per heavy atom. The maximum Gasteiger partial charge on any atom is 0.262 e. The van der Waals surface area contributed by atoms with Gasteiger partial charge in [0.05, 0.1) is 4.90 Å². The van der Waals surface area contributed by atoms with Gasteiger partial charge in [0, 0.05) is 11.2 Å². The van der Waals surface area contributed by atoms with Crippen LogP contribution in [0.1, 0.15) is 31.9 Å². The van der Waals surface area contributed by atoms with Crippen LogP contribution in [0.3, 0.4) is 0 Å². The van der Waals surface area contributed by atoms with E-state index in [1.165, 1.54) is 24.3 Å². The molecular formula is C20H26N2O4S. The lowest BCUT2D eigenvalue weighted by Gasteiger charge is -2.20. The van der Waals surface area contributed by atoms with Gasteiger partial charge in [-0.05, 0) is 70.5 Å². The predicted molar refractivity (Wildman–Crippen MR) is 107 cm³/mol. The van der Waals surface area contributed by atoms with Crippen LogP contribution in [0, 0.1) is 13.8 Å². The van der Waals surface area contributed by atoms with Gasteiger partial charge in [-0.3, -0.25) is 4.79 Å². The number of nitrogens with one attached hydrogen (secondary N) is 2. The summed E-state index contributed by atoms with van der Waals surface area (Å²) in [5.74, 6) is 0.133. The number of carbonyl (C=O) groups is 1. The molecule has 7 heteroatoms. The van der Waals surface area contributed by atoms with Crippen molar-refractivity contribution in [2.24, 2.45) is 0 Å². The summed E-state index contributed by atoms with van der Waals surface area (Å²) in [5, 5.41) is 2.80. The van der Waals surface area contributed by atoms with Crippen LogP contribution in [-0.2, 0) is 14.8 Å². The number of anilines is 1. The van der Waals surface area contributed by atoms with Gasteiger partial charge in [0.25, 0.3) is 5.91 Å². The van der Waals surface area contributed by atoms with E-state index in [-0.39, 0.29) is 17.4 Å². The molecule has 0 aromatic heterocycles. The fourth-order valence-electron chi connectivity index (χ4n) is 2.47. The summed E-state index contributed by atoms with van der Waals surface area (Å²) in [4.78, 5) is 12.2. The summed E-state index contributed by atoms with van der Waals surface area (Å²) in [6, 6.07) is 11.7. The Morgan fingerprint density at radius 3 is 2.22 bits per heavy atom. The van der Waals surface area contributed by atoms with Crippen LogP contribution in [0.15, 0.2) is 47.4 Å². The summed E-state index contributed by atoms with van der Waals surface area (Å²) in [7, 11) is -3.60. The summed E-state index contributed by atoms with van der Waals surface area (Å²) in [5.41, 5.74) is 2.27. The van der Waals surface area contributed by atoms with Gasteiger partial charge in [0.2, 0.25) is 10.0 Å². The average Bonchev–Trinajstić information content (AvgIpc) is 2.54. The molecule has 0 saturated heterocycles. The lowest BCUT2D eigenvalue weighted by atomic mass is 10.1. The third kappa shape index (κ3) is 6.37. The molecule has 0 atom stereocenters. The molecule has 0 aliphatic rings. The Balaban J connectivity index is 1.96. The van der Waals surface area contributed by atoms with Gasteiger partial charge in [-0.15, -0.1) is 0 Å². The minimum atomic E-state index is -3.60. The first-order chi connectivity index (χ1) is 12.5. The Hall–Kier alpha value is -2.38. The van der Waals surface area contributed by atoms with Gasteiger partial charge >= 0.3 is 0 Å². The monoisotopic (exact) mass is 390 g/mol. The number of hydrogen-bond acceptors (Lipinski definition) is 4. The maximum atomic E-state index is 12.3. The smallest absolute Gasteiger partial charge is 0.262 e. The number of benzene rings is 2. The first kappa shape index (κ1) is 20.9. The van der Waals surface area contributed by atoms with Gasteiger partial charge in [0.15, 0.2) is 6.61 Å². The van der Waals surface area contributed by atoms with E-state index in [1.807, 2.05) is 32.0 Å². The molecule has 0 aliphatic carbocycles. The highest BCUT2D eigenvalue weighted by atomic mass is 32.2. The fraction of sp³-hybridized carbons (Fsp3) is 0.350. The summed E-state index contributed by atoms with van der Waals surface area (Å²) in [6.45, 7) is 9.07. The molecule has 0 fully saturated rings. The van der Waals surface area contributed by atoms with Crippen molar-refractivity contribution in [1.29, 1.82) is 0 Å². The second-order valence-electron chi connectivity index (χ2n) is 7.48. The number of sulfonamides is 1. The predicted octanol–water partition coefficient (Wildman–Crippen LogP) is 3.40. The lowest BCUT2D eigenvalue weighted by molar-refractivity contribution is -0.118. The van der Waals surface area contributed by atoms with Crippen LogP contribution in [0.5, 0.6) is 5.75 Å². The first-order valence-electron chi connectivity index (χ1n) is 8.60. The highest BCUT2D eigenvalue weighted by molar-refractivity contribution is 7.89. The minimum absolute atomic E-state index is 0.143. The lowest BCUT2D eigenvalue weighted by Crippen LogP contribution is -2.40. The van der Waals surface area contributed by atoms with E-state index in [0.29, 0.717) is 5.75 Å². The average molecular weight is 391 g/mol. The van der Waals surface area contributed by atoms with Crippen LogP contribution in [0.4, 0.5) is 5.69 Å². The highest BCUT2D eigenvalue weighted by Crippen LogP contribution is 2.18. The zero-order valence-corrected chi connectivity index (χ0v) is 17.1. The zero-order chi connectivity index (χ0) is 20.2. The molecule has 0 heterocycles. The maximum absolute atomic E-state index is 12.3. The van der Waals surface area contributed by atoms with Crippen molar-refractivity contribution in [1.82, 2.24) is 4.72 Å². The molecule has 2 aromatic carbocycles. The standard InChI is InChI=1S/C20H26N2O4S/c1-14-6-11-18(15(2)12-14)21-19(23)13-26-16-7-9-17(10-8-16)27(24,25)22-20(3,4)5/h6-12,22H,13H2,1-5H3,(H,21,23). The Kier molecular flexibility index (Phi) is 6.28. The molecule has 0 saturated carbocycles. The zero-order valence-electron chi connectivity index (χ0n) is 16.3. The van der Waals surface area contributed by atoms with Crippen molar-refractivity contribution in [3.05, 3.63) is 53.6 Å². The van der Waals surface area contributed by atoms with Crippen molar-refractivity contribution >= 4 is 21.6 Å². The molecule has 1 amide bonds. The third-order valence-electron chi connectivity index (χ3n) is 3.60. The fourth-order valence-corrected chi connectivity index (χ4v) is 3.88. The number of hydrogen-bond donors (Lipinski definition) is 2. The number of rotatable bonds is 6. The van der Waals surface area contributed by atoms with Crippen LogP contribution in [-0.4, -0.2) is 26.5 Å². The summed E-state index contributed by atoms with van der Waals surface area (Å²) < 4.78 is 32.6. The molecule has 0 unspecified atom stereocenters. The molecule has 2 rings (SSSR count). The molecule has 6 nitrogen and oxygen atoms in total. The van der Waals surface area contributed by atoms with Crippen molar-refractivity contribution in [2.75, 3.05) is 11.9 Å². The Morgan fingerprint density at radius 2 is 1.67 bits per heavy atom. The molecule has 2 aromatic rings. The third-order valence-corrected chi connectivity index (χ3v) is 5.37. The largest absolute Gasteiger partial charge is 0.484 e. The van der Waals surface area contributed by atoms with E-state index >= 15 is 0 Å². The summed E-state index contributed by atoms with van der Waals surface area (Å²) in [6.07, 6.45) is 0. The SMILES string of the molecule is Cc1ccc(NC(=O)COc2ccc(S(=O)(=O)NC(C)(C)C)cc2)c(C)c1. The molecule has 0 radical (unpaired) electrons. The van der Waals surface area contributed by atoms with Gasteiger partial charge in [0.1, 0.15) is 5.75 Å². The van der Waals surface area contributed by atoms with E-state index < -0.39 is 15.6 Å². The Labute approximate surface area is 161 Å². The first-order valence-corrected chi connectivity index (χ1v) is 10.1. The van der Waals surface area contributed by atoms with E-state index in [9.17, 15) is 13.2 Å². The van der Waals surface area contributed by atoms with Crippen LogP contribution < -0.4 is 14.8 Å². The van der Waals surface area contributed by atoms with Gasteiger partial charge in [-0.1, -0.05) is 17.7 Å². The normalized spacial score (nSPS) is 11.9. The number of carbonyl (C=O) groups excluding carboxylic acids is 1. The minimum Gasteiger partial charge on any atom is -0.484 e. The molecule has 0 bridgehead atoms. The van der Waals surface area contributed by atoms with Crippen LogP contribution in [0.25, 0.3) is 0 Å². The quantitative estimate of drug-likeness (QED) is 0.792. The van der Waals surface area contributed by atoms with E-state index in [0.717, 1.165) is 16.8 Å². The highest BCUT2D eigenvalue weighted by Gasteiger charge is 2.21. The van der Waals surface area contributed by atoms with Crippen molar-refractivity contribution in [3.63, 3.8) is 0 Å². The van der Waals surface area contributed by atoms with Gasteiger partial charge < -0.3 is 10.1 Å². The molecule has 0 spiro atoms. The van der Waals surface area contributed by atoms with Crippen molar-refractivity contribution in [2.45, 2.75) is 45.1 Å². The van der Waals surface area contributed by atoms with Gasteiger partial charge in [-0.2, -0.15) is 0 Å². The van der Waals surface area contributed by atoms with E-state index in [2.05, 4.69) is 10.0 Å². The number of ether oxygens (including phenoxy) is 1. The van der Waals surface area contributed by atoms with Gasteiger partial charge in [-0.25, -0.2) is 13.1 Å². The number of aryl methyl sites for hydroxylation is 2.